The number of carbonyl (C=O) groups excluding carboxylic acids is 1. The first-order valence-corrected chi connectivity index (χ1v) is 6.93. The maximum absolute atomic E-state index is 11.6. The number of carbonyl (C=O) groups is 1. The van der Waals surface area contributed by atoms with E-state index in [2.05, 4.69) is 20.6 Å². The highest BCUT2D eigenvalue weighted by Crippen LogP contribution is 2.28. The Bertz CT molecular complexity index is 736. The Morgan fingerprint density at radius 3 is 2.95 bits per heavy atom. The van der Waals surface area contributed by atoms with Crippen LogP contribution in [0.25, 0.3) is 10.9 Å². The molecule has 1 aromatic carbocycles. The standard InChI is InChI=1S/C14H17N5O2/c15-10-5-9-11(18-7-19-14(9)21)6-12(10)16-3-4-17-13(20)8-1-2-8/h5-8,16H,1-4,15H2,(H,17,20)(H,18,19,21). The monoisotopic (exact) mass is 287 g/mol. The number of nitrogens with two attached hydrogens (primary N) is 1. The predicted octanol–water partition coefficient (Wildman–Crippen LogP) is 0.443. The molecule has 7 nitrogen and oxygen atoms in total. The molecule has 2 aromatic rings. The van der Waals surface area contributed by atoms with Gasteiger partial charge in [-0.1, -0.05) is 0 Å². The lowest BCUT2D eigenvalue weighted by Crippen LogP contribution is -2.29. The van der Waals surface area contributed by atoms with Crippen molar-refractivity contribution in [3.05, 3.63) is 28.8 Å². The van der Waals surface area contributed by atoms with E-state index in [0.717, 1.165) is 12.8 Å². The number of fused-ring (bicyclic) bond motifs is 1. The molecule has 0 atom stereocenters. The van der Waals surface area contributed by atoms with Gasteiger partial charge < -0.3 is 21.4 Å². The maximum Gasteiger partial charge on any atom is 0.258 e. The highest BCUT2D eigenvalue weighted by Gasteiger charge is 2.28. The maximum atomic E-state index is 11.6. The molecular formula is C14H17N5O2. The van der Waals surface area contributed by atoms with E-state index in [1.165, 1.54) is 6.33 Å². The molecule has 110 valence electrons. The van der Waals surface area contributed by atoms with Gasteiger partial charge in [0.15, 0.2) is 0 Å². The van der Waals surface area contributed by atoms with E-state index < -0.39 is 0 Å². The van der Waals surface area contributed by atoms with Crippen LogP contribution in [0, 0.1) is 5.92 Å². The molecule has 1 heterocycles. The van der Waals surface area contributed by atoms with Gasteiger partial charge in [-0.05, 0) is 25.0 Å². The summed E-state index contributed by atoms with van der Waals surface area (Å²) in [5.41, 5.74) is 7.48. The summed E-state index contributed by atoms with van der Waals surface area (Å²) in [5, 5.41) is 6.48. The Hall–Kier alpha value is -2.57. The minimum atomic E-state index is -0.213. The van der Waals surface area contributed by atoms with Gasteiger partial charge in [0.05, 0.1) is 28.6 Å². The number of H-pyrrole nitrogens is 1. The first-order chi connectivity index (χ1) is 10.1. The molecule has 0 radical (unpaired) electrons. The van der Waals surface area contributed by atoms with Gasteiger partial charge in [-0.25, -0.2) is 4.98 Å². The van der Waals surface area contributed by atoms with Gasteiger partial charge in [0, 0.05) is 19.0 Å². The predicted molar refractivity (Wildman–Crippen MR) is 81.0 cm³/mol. The van der Waals surface area contributed by atoms with Gasteiger partial charge in [-0.2, -0.15) is 0 Å². The summed E-state index contributed by atoms with van der Waals surface area (Å²) >= 11 is 0. The Balaban J connectivity index is 1.64. The van der Waals surface area contributed by atoms with Crippen molar-refractivity contribution >= 4 is 28.2 Å². The summed E-state index contributed by atoms with van der Waals surface area (Å²) in [7, 11) is 0. The summed E-state index contributed by atoms with van der Waals surface area (Å²) in [5.74, 6) is 0.336. The average molecular weight is 287 g/mol. The molecular weight excluding hydrogens is 270 g/mol. The van der Waals surface area contributed by atoms with Crippen LogP contribution in [0.15, 0.2) is 23.3 Å². The second kappa shape index (κ2) is 5.43. The van der Waals surface area contributed by atoms with E-state index in [9.17, 15) is 9.59 Å². The number of hydrogen-bond acceptors (Lipinski definition) is 5. The molecule has 1 aliphatic carbocycles. The Labute approximate surface area is 120 Å². The van der Waals surface area contributed by atoms with Crippen molar-refractivity contribution in [2.45, 2.75) is 12.8 Å². The quantitative estimate of drug-likeness (QED) is 0.471. The van der Waals surface area contributed by atoms with Crippen molar-refractivity contribution in [3.8, 4) is 0 Å². The minimum Gasteiger partial charge on any atom is -0.397 e. The minimum absolute atomic E-state index is 0.122. The normalized spacial score (nSPS) is 14.1. The fourth-order valence-electron chi connectivity index (χ4n) is 2.16. The lowest BCUT2D eigenvalue weighted by Gasteiger charge is -2.11. The third-order valence-corrected chi connectivity index (χ3v) is 3.50. The zero-order valence-electron chi connectivity index (χ0n) is 11.5. The highest BCUT2D eigenvalue weighted by atomic mass is 16.2. The number of aromatic amines is 1. The first kappa shape index (κ1) is 13.4. The molecule has 1 fully saturated rings. The summed E-state index contributed by atoms with van der Waals surface area (Å²) in [6.07, 6.45) is 3.36. The van der Waals surface area contributed by atoms with Gasteiger partial charge in [-0.3, -0.25) is 9.59 Å². The van der Waals surface area contributed by atoms with Crippen molar-refractivity contribution in [2.75, 3.05) is 24.1 Å². The van der Waals surface area contributed by atoms with E-state index in [0.29, 0.717) is 35.4 Å². The topological polar surface area (TPSA) is 113 Å². The lowest BCUT2D eigenvalue weighted by molar-refractivity contribution is -0.122. The first-order valence-electron chi connectivity index (χ1n) is 6.93. The van der Waals surface area contributed by atoms with E-state index in [4.69, 9.17) is 5.73 Å². The van der Waals surface area contributed by atoms with Crippen LogP contribution in [0.2, 0.25) is 0 Å². The summed E-state index contributed by atoms with van der Waals surface area (Å²) in [4.78, 5) is 29.7. The van der Waals surface area contributed by atoms with E-state index in [1.807, 2.05) is 0 Å². The average Bonchev–Trinajstić information content (AvgIpc) is 3.29. The van der Waals surface area contributed by atoms with Gasteiger partial charge in [0.1, 0.15) is 0 Å². The van der Waals surface area contributed by atoms with Crippen molar-refractivity contribution in [2.24, 2.45) is 5.92 Å². The number of aromatic nitrogens is 2. The number of rotatable bonds is 5. The number of nitrogens with zero attached hydrogens (tertiary/aromatic N) is 1. The number of amides is 1. The van der Waals surface area contributed by atoms with Crippen molar-refractivity contribution in [1.29, 1.82) is 0 Å². The van der Waals surface area contributed by atoms with Gasteiger partial charge >= 0.3 is 0 Å². The molecule has 3 rings (SSSR count). The zero-order valence-corrected chi connectivity index (χ0v) is 11.5. The third kappa shape index (κ3) is 2.96. The fourth-order valence-corrected chi connectivity index (χ4v) is 2.16. The number of nitrogens with one attached hydrogen (secondary N) is 3. The van der Waals surface area contributed by atoms with Gasteiger partial charge in [-0.15, -0.1) is 0 Å². The summed E-state index contributed by atoms with van der Waals surface area (Å²) in [6.45, 7) is 1.10. The summed E-state index contributed by atoms with van der Waals surface area (Å²) < 4.78 is 0. The molecule has 0 unspecified atom stereocenters. The van der Waals surface area contributed by atoms with Crippen molar-refractivity contribution in [1.82, 2.24) is 15.3 Å². The largest absolute Gasteiger partial charge is 0.397 e. The van der Waals surface area contributed by atoms with E-state index in [1.54, 1.807) is 12.1 Å². The number of anilines is 2. The van der Waals surface area contributed by atoms with Crippen LogP contribution in [0.4, 0.5) is 11.4 Å². The van der Waals surface area contributed by atoms with Crippen LogP contribution in [0.5, 0.6) is 0 Å². The highest BCUT2D eigenvalue weighted by molar-refractivity contribution is 5.88. The van der Waals surface area contributed by atoms with Gasteiger partial charge in [0.2, 0.25) is 5.91 Å². The fraction of sp³-hybridized carbons (Fsp3) is 0.357. The molecule has 1 aromatic heterocycles. The number of benzene rings is 1. The van der Waals surface area contributed by atoms with E-state index in [-0.39, 0.29) is 17.4 Å². The van der Waals surface area contributed by atoms with Gasteiger partial charge in [0.25, 0.3) is 5.56 Å². The summed E-state index contributed by atoms with van der Waals surface area (Å²) in [6, 6.07) is 3.34. The second-order valence-electron chi connectivity index (χ2n) is 5.18. The SMILES string of the molecule is Nc1cc2c(=O)[nH]cnc2cc1NCCNC(=O)C1CC1. The molecule has 0 bridgehead atoms. The van der Waals surface area contributed by atoms with Crippen molar-refractivity contribution < 1.29 is 4.79 Å². The van der Waals surface area contributed by atoms with Crippen LogP contribution in [-0.2, 0) is 4.79 Å². The number of nitrogen functional groups attached to an aromatic ring is 1. The van der Waals surface area contributed by atoms with Crippen LogP contribution in [0.3, 0.4) is 0 Å². The number of hydrogen-bond donors (Lipinski definition) is 4. The third-order valence-electron chi connectivity index (χ3n) is 3.50. The smallest absolute Gasteiger partial charge is 0.258 e. The van der Waals surface area contributed by atoms with Crippen LogP contribution < -0.4 is 21.9 Å². The second-order valence-corrected chi connectivity index (χ2v) is 5.18. The molecule has 1 saturated carbocycles. The molecule has 0 saturated heterocycles. The zero-order chi connectivity index (χ0) is 14.8. The molecule has 7 heteroatoms. The Morgan fingerprint density at radius 2 is 2.19 bits per heavy atom. The Morgan fingerprint density at radius 1 is 1.38 bits per heavy atom. The lowest BCUT2D eigenvalue weighted by atomic mass is 10.2. The molecule has 1 aliphatic rings. The molecule has 5 N–H and O–H groups in total. The molecule has 0 spiro atoms. The van der Waals surface area contributed by atoms with Crippen LogP contribution in [0.1, 0.15) is 12.8 Å². The Kier molecular flexibility index (Phi) is 3.47. The van der Waals surface area contributed by atoms with Crippen molar-refractivity contribution in [3.63, 3.8) is 0 Å². The molecule has 0 aliphatic heterocycles. The van der Waals surface area contributed by atoms with E-state index >= 15 is 0 Å². The molecule has 1 amide bonds. The molecule has 21 heavy (non-hydrogen) atoms. The van der Waals surface area contributed by atoms with Crippen LogP contribution >= 0.6 is 0 Å². The van der Waals surface area contributed by atoms with Crippen LogP contribution in [-0.4, -0.2) is 29.0 Å².